The van der Waals surface area contributed by atoms with Gasteiger partial charge >= 0.3 is 0 Å². The molecule has 0 aliphatic carbocycles. The van der Waals surface area contributed by atoms with Crippen molar-refractivity contribution >= 4 is 23.2 Å². The number of rotatable bonds is 3. The number of carbonyl (C=O) groups is 1. The molecule has 4 heterocycles. The van der Waals surface area contributed by atoms with Crippen molar-refractivity contribution in [1.82, 2.24) is 19.3 Å². The number of amides is 1. The molecule has 1 atom stereocenters. The molecule has 0 unspecified atom stereocenters. The number of halogens is 2. The lowest BCUT2D eigenvalue weighted by molar-refractivity contribution is 0.0700. The Morgan fingerprint density at radius 3 is 2.69 bits per heavy atom. The second-order valence-electron chi connectivity index (χ2n) is 8.26. The summed E-state index contributed by atoms with van der Waals surface area (Å²) in [6, 6.07) is 14.1. The number of piperidine rings is 1. The molecule has 32 heavy (non-hydrogen) atoms. The number of hydrogen-bond acceptors (Lipinski definition) is 3. The normalized spacial score (nSPS) is 16.5. The Hall–Kier alpha value is -3.25. The molecule has 162 valence electrons. The quantitative estimate of drug-likeness (QED) is 0.415. The van der Waals surface area contributed by atoms with Crippen LogP contribution in [0.15, 0.2) is 60.9 Å². The van der Waals surface area contributed by atoms with Crippen LogP contribution in [0.3, 0.4) is 0 Å². The standard InChI is InChI=1S/C25H22ClFN4O/c1-16-11-19(17-4-7-21(27)8-5-17)12-22(28-16)18-3-2-10-30(13-18)25(32)23-15-31-14-20(26)6-9-24(31)29-23/h4-9,11-12,14-15,18H,2-3,10,13H2,1H3/t18-/m1/s1. The lowest BCUT2D eigenvalue weighted by Gasteiger charge is -2.32. The summed E-state index contributed by atoms with van der Waals surface area (Å²) >= 11 is 6.05. The number of likely N-dealkylation sites (tertiary alicyclic amines) is 1. The van der Waals surface area contributed by atoms with E-state index in [0.29, 0.717) is 29.5 Å². The van der Waals surface area contributed by atoms with E-state index >= 15 is 0 Å². The molecule has 0 spiro atoms. The molecule has 1 fully saturated rings. The first kappa shape index (κ1) is 20.6. The van der Waals surface area contributed by atoms with E-state index in [-0.39, 0.29) is 17.6 Å². The van der Waals surface area contributed by atoms with Crippen LogP contribution < -0.4 is 0 Å². The molecule has 1 aliphatic rings. The molecule has 7 heteroatoms. The molecule has 1 amide bonds. The van der Waals surface area contributed by atoms with Crippen molar-refractivity contribution in [2.45, 2.75) is 25.7 Å². The Balaban J connectivity index is 1.39. The van der Waals surface area contributed by atoms with Crippen molar-refractivity contribution in [2.24, 2.45) is 0 Å². The zero-order chi connectivity index (χ0) is 22.2. The monoisotopic (exact) mass is 448 g/mol. The molecular weight excluding hydrogens is 427 g/mol. The molecule has 3 aromatic heterocycles. The number of aryl methyl sites for hydroxylation is 1. The van der Waals surface area contributed by atoms with E-state index in [2.05, 4.69) is 11.1 Å². The summed E-state index contributed by atoms with van der Waals surface area (Å²) in [5, 5.41) is 0.592. The zero-order valence-corrected chi connectivity index (χ0v) is 18.4. The minimum Gasteiger partial charge on any atom is -0.337 e. The van der Waals surface area contributed by atoms with Crippen LogP contribution in [0.5, 0.6) is 0 Å². The molecule has 0 saturated carbocycles. The molecule has 4 aromatic rings. The Morgan fingerprint density at radius 1 is 1.06 bits per heavy atom. The molecule has 5 nitrogen and oxygen atoms in total. The molecule has 0 bridgehead atoms. The average molecular weight is 449 g/mol. The van der Waals surface area contributed by atoms with Gasteiger partial charge in [0.05, 0.1) is 5.02 Å². The fourth-order valence-electron chi connectivity index (χ4n) is 4.35. The smallest absolute Gasteiger partial charge is 0.274 e. The summed E-state index contributed by atoms with van der Waals surface area (Å²) in [6.45, 7) is 3.25. The second kappa shape index (κ2) is 8.36. The van der Waals surface area contributed by atoms with Crippen LogP contribution in [0.2, 0.25) is 5.02 Å². The Bertz CT molecular complexity index is 1300. The van der Waals surface area contributed by atoms with Gasteiger partial charge in [0.2, 0.25) is 0 Å². The maximum absolute atomic E-state index is 13.3. The third-order valence-electron chi connectivity index (χ3n) is 5.91. The highest BCUT2D eigenvalue weighted by molar-refractivity contribution is 6.30. The number of nitrogens with zero attached hydrogens (tertiary/aromatic N) is 4. The molecule has 1 aromatic carbocycles. The van der Waals surface area contributed by atoms with Gasteiger partial charge in [-0.15, -0.1) is 0 Å². The second-order valence-corrected chi connectivity index (χ2v) is 8.69. The number of benzene rings is 1. The van der Waals surface area contributed by atoms with Gasteiger partial charge in [-0.25, -0.2) is 9.37 Å². The third-order valence-corrected chi connectivity index (χ3v) is 6.14. The zero-order valence-electron chi connectivity index (χ0n) is 17.6. The topological polar surface area (TPSA) is 50.5 Å². The van der Waals surface area contributed by atoms with Crippen molar-refractivity contribution in [1.29, 1.82) is 0 Å². The van der Waals surface area contributed by atoms with Crippen molar-refractivity contribution in [2.75, 3.05) is 13.1 Å². The van der Waals surface area contributed by atoms with Crippen LogP contribution in [0, 0.1) is 12.7 Å². The minimum atomic E-state index is -0.254. The number of imidazole rings is 1. The lowest BCUT2D eigenvalue weighted by Crippen LogP contribution is -2.39. The van der Waals surface area contributed by atoms with E-state index in [1.165, 1.54) is 12.1 Å². The third kappa shape index (κ3) is 4.10. The van der Waals surface area contributed by atoms with Crippen LogP contribution in [-0.4, -0.2) is 38.3 Å². The molecular formula is C25H22ClFN4O. The fourth-order valence-corrected chi connectivity index (χ4v) is 4.51. The Morgan fingerprint density at radius 2 is 1.88 bits per heavy atom. The Labute approximate surface area is 190 Å². The SMILES string of the molecule is Cc1cc(-c2ccc(F)cc2)cc([C@@H]2CCCN(C(=O)c3cn4cc(Cl)ccc4n3)C2)n1. The van der Waals surface area contributed by atoms with Crippen LogP contribution in [-0.2, 0) is 0 Å². The summed E-state index contributed by atoms with van der Waals surface area (Å²) in [5.74, 6) is -0.199. The van der Waals surface area contributed by atoms with Crippen molar-refractivity contribution < 1.29 is 9.18 Å². The first-order valence-corrected chi connectivity index (χ1v) is 11.0. The number of hydrogen-bond donors (Lipinski definition) is 0. The summed E-state index contributed by atoms with van der Waals surface area (Å²) in [7, 11) is 0. The van der Waals surface area contributed by atoms with Gasteiger partial charge in [0.1, 0.15) is 17.2 Å². The van der Waals surface area contributed by atoms with Gasteiger partial charge in [0, 0.05) is 42.8 Å². The predicted octanol–water partition coefficient (Wildman–Crippen LogP) is 5.52. The molecule has 1 saturated heterocycles. The van der Waals surface area contributed by atoms with Gasteiger partial charge < -0.3 is 9.30 Å². The average Bonchev–Trinajstić information content (AvgIpc) is 3.22. The van der Waals surface area contributed by atoms with Crippen molar-refractivity contribution in [3.05, 3.63) is 88.8 Å². The lowest BCUT2D eigenvalue weighted by atomic mass is 9.92. The molecule has 1 aliphatic heterocycles. The van der Waals surface area contributed by atoms with E-state index in [1.807, 2.05) is 17.9 Å². The van der Waals surface area contributed by atoms with Crippen molar-refractivity contribution in [3.8, 4) is 11.1 Å². The van der Waals surface area contributed by atoms with Gasteiger partial charge in [-0.1, -0.05) is 23.7 Å². The van der Waals surface area contributed by atoms with Crippen LogP contribution in [0.25, 0.3) is 16.8 Å². The highest BCUT2D eigenvalue weighted by Gasteiger charge is 2.28. The van der Waals surface area contributed by atoms with Crippen LogP contribution >= 0.6 is 11.6 Å². The van der Waals surface area contributed by atoms with E-state index in [0.717, 1.165) is 35.4 Å². The highest BCUT2D eigenvalue weighted by atomic mass is 35.5. The largest absolute Gasteiger partial charge is 0.337 e. The highest BCUT2D eigenvalue weighted by Crippen LogP contribution is 2.30. The first-order valence-electron chi connectivity index (χ1n) is 10.6. The maximum Gasteiger partial charge on any atom is 0.274 e. The number of carbonyl (C=O) groups excluding carboxylic acids is 1. The number of aromatic nitrogens is 3. The van der Waals surface area contributed by atoms with E-state index in [9.17, 15) is 9.18 Å². The van der Waals surface area contributed by atoms with Gasteiger partial charge in [-0.05, 0) is 67.3 Å². The molecule has 0 radical (unpaired) electrons. The Kier molecular flexibility index (Phi) is 5.39. The number of pyridine rings is 2. The van der Waals surface area contributed by atoms with Gasteiger partial charge in [0.25, 0.3) is 5.91 Å². The summed E-state index contributed by atoms with van der Waals surface area (Å²) in [4.78, 5) is 24.3. The first-order chi connectivity index (χ1) is 15.5. The van der Waals surface area contributed by atoms with Crippen LogP contribution in [0.1, 0.15) is 40.6 Å². The van der Waals surface area contributed by atoms with Gasteiger partial charge in [-0.3, -0.25) is 9.78 Å². The summed E-state index contributed by atoms with van der Waals surface area (Å²) in [5.41, 5.74) is 4.93. The van der Waals surface area contributed by atoms with E-state index in [1.54, 1.807) is 41.1 Å². The molecule has 5 rings (SSSR count). The summed E-state index contributed by atoms with van der Waals surface area (Å²) < 4.78 is 15.1. The molecule has 0 N–H and O–H groups in total. The van der Waals surface area contributed by atoms with E-state index in [4.69, 9.17) is 16.6 Å². The van der Waals surface area contributed by atoms with E-state index < -0.39 is 0 Å². The van der Waals surface area contributed by atoms with Gasteiger partial charge in [0.15, 0.2) is 0 Å². The van der Waals surface area contributed by atoms with Crippen LogP contribution in [0.4, 0.5) is 4.39 Å². The number of fused-ring (bicyclic) bond motifs is 1. The van der Waals surface area contributed by atoms with Gasteiger partial charge in [-0.2, -0.15) is 0 Å². The minimum absolute atomic E-state index is 0.0825. The van der Waals surface area contributed by atoms with Crippen molar-refractivity contribution in [3.63, 3.8) is 0 Å². The maximum atomic E-state index is 13.3. The predicted molar refractivity (Wildman–Crippen MR) is 122 cm³/mol. The summed E-state index contributed by atoms with van der Waals surface area (Å²) in [6.07, 6.45) is 5.33. The fraction of sp³-hybridized carbons (Fsp3) is 0.240.